The first kappa shape index (κ1) is 18.9. The van der Waals surface area contributed by atoms with Crippen LogP contribution < -0.4 is 0 Å². The van der Waals surface area contributed by atoms with Gasteiger partial charge in [0.25, 0.3) is 0 Å². The van der Waals surface area contributed by atoms with Crippen molar-refractivity contribution in [3.63, 3.8) is 0 Å². The molecule has 0 aliphatic heterocycles. The van der Waals surface area contributed by atoms with Crippen LogP contribution in [-0.2, 0) is 12.6 Å². The van der Waals surface area contributed by atoms with E-state index in [0.29, 0.717) is 27.6 Å². The van der Waals surface area contributed by atoms with Crippen LogP contribution in [-0.4, -0.2) is 0 Å². The predicted octanol–water partition coefficient (Wildman–Crippen LogP) is 7.27. The van der Waals surface area contributed by atoms with Crippen LogP contribution in [0.15, 0.2) is 36.4 Å². The van der Waals surface area contributed by atoms with Crippen molar-refractivity contribution in [1.29, 1.82) is 0 Å². The molecule has 0 saturated carbocycles. The first-order valence-corrected chi connectivity index (χ1v) is 7.74. The van der Waals surface area contributed by atoms with E-state index in [9.17, 15) is 13.2 Å². The van der Waals surface area contributed by atoms with Crippen molar-refractivity contribution in [2.45, 2.75) is 33.4 Å². The van der Waals surface area contributed by atoms with Gasteiger partial charge in [-0.1, -0.05) is 62.2 Å². The van der Waals surface area contributed by atoms with E-state index >= 15 is 0 Å². The molecule has 0 atom stereocenters. The molecule has 22 heavy (non-hydrogen) atoms. The van der Waals surface area contributed by atoms with E-state index in [1.807, 2.05) is 13.8 Å². The molecule has 0 aliphatic carbocycles. The molecule has 0 nitrogen and oxygen atoms in total. The monoisotopic (exact) mass is 348 g/mol. The Kier molecular flexibility index (Phi) is 6.76. The topological polar surface area (TPSA) is 0 Å². The molecule has 0 amide bonds. The second kappa shape index (κ2) is 7.89. The summed E-state index contributed by atoms with van der Waals surface area (Å²) >= 11 is 11.9. The largest absolute Gasteiger partial charge is 0.416 e. The molecular formula is C17H17Cl2F3. The van der Waals surface area contributed by atoms with E-state index in [1.54, 1.807) is 25.1 Å². The Morgan fingerprint density at radius 2 is 1.59 bits per heavy atom. The lowest BCUT2D eigenvalue weighted by molar-refractivity contribution is -0.138. The maximum absolute atomic E-state index is 12.9. The van der Waals surface area contributed by atoms with Crippen molar-refractivity contribution < 1.29 is 13.2 Å². The Bertz CT molecular complexity index is 634. The minimum Gasteiger partial charge on any atom is -0.166 e. The lowest BCUT2D eigenvalue weighted by Gasteiger charge is -2.14. The van der Waals surface area contributed by atoms with Gasteiger partial charge in [-0.3, -0.25) is 0 Å². The number of benzene rings is 2. The van der Waals surface area contributed by atoms with Gasteiger partial charge in [0.1, 0.15) is 0 Å². The molecule has 0 unspecified atom stereocenters. The summed E-state index contributed by atoms with van der Waals surface area (Å²) in [7, 11) is 0. The number of rotatable bonds is 2. The van der Waals surface area contributed by atoms with Crippen molar-refractivity contribution in [1.82, 2.24) is 0 Å². The first-order valence-electron chi connectivity index (χ1n) is 6.98. The Morgan fingerprint density at radius 3 is 2.09 bits per heavy atom. The van der Waals surface area contributed by atoms with Crippen LogP contribution in [0.5, 0.6) is 0 Å². The summed E-state index contributed by atoms with van der Waals surface area (Å²) in [5.41, 5.74) is 0.964. The summed E-state index contributed by atoms with van der Waals surface area (Å²) in [5.74, 6) is 0. The molecule has 2 rings (SSSR count). The Labute approximate surface area is 138 Å². The van der Waals surface area contributed by atoms with Gasteiger partial charge in [0, 0.05) is 15.6 Å². The number of halogens is 5. The highest BCUT2D eigenvalue weighted by Crippen LogP contribution is 2.36. The molecule has 0 aliphatic rings. The standard InChI is InChI=1S/C15H11Cl2F3.C2H6/c1-2-9-7-10(3-6-13(9)15(18,19)20)12-5-4-11(16)8-14(12)17;1-2/h3-8H,2H2,1H3;1-2H3. The van der Waals surface area contributed by atoms with Gasteiger partial charge in [-0.2, -0.15) is 13.2 Å². The summed E-state index contributed by atoms with van der Waals surface area (Å²) in [4.78, 5) is 0. The highest BCUT2D eigenvalue weighted by molar-refractivity contribution is 6.36. The summed E-state index contributed by atoms with van der Waals surface area (Å²) in [6.07, 6.45) is -4.04. The SMILES string of the molecule is CC.CCc1cc(-c2ccc(Cl)cc2Cl)ccc1C(F)(F)F. The second-order valence-electron chi connectivity index (χ2n) is 4.35. The van der Waals surface area contributed by atoms with Gasteiger partial charge >= 0.3 is 6.18 Å². The fraction of sp³-hybridized carbons (Fsp3) is 0.294. The van der Waals surface area contributed by atoms with Crippen LogP contribution in [0.25, 0.3) is 11.1 Å². The van der Waals surface area contributed by atoms with E-state index < -0.39 is 11.7 Å². The van der Waals surface area contributed by atoms with Crippen molar-refractivity contribution in [3.05, 3.63) is 57.6 Å². The highest BCUT2D eigenvalue weighted by atomic mass is 35.5. The molecule has 0 fully saturated rings. The average Bonchev–Trinajstić information content (AvgIpc) is 2.47. The van der Waals surface area contributed by atoms with Crippen molar-refractivity contribution in [2.24, 2.45) is 0 Å². The van der Waals surface area contributed by atoms with Gasteiger partial charge in [-0.25, -0.2) is 0 Å². The molecular weight excluding hydrogens is 332 g/mol. The van der Waals surface area contributed by atoms with E-state index in [4.69, 9.17) is 23.2 Å². The lowest BCUT2D eigenvalue weighted by atomic mass is 9.97. The number of aryl methyl sites for hydroxylation is 1. The molecule has 0 aromatic heterocycles. The molecule has 0 bridgehead atoms. The van der Waals surface area contributed by atoms with Crippen molar-refractivity contribution in [3.8, 4) is 11.1 Å². The van der Waals surface area contributed by atoms with Crippen LogP contribution in [0.1, 0.15) is 31.9 Å². The van der Waals surface area contributed by atoms with Gasteiger partial charge in [0.05, 0.1) is 5.56 Å². The first-order chi connectivity index (χ1) is 10.3. The van der Waals surface area contributed by atoms with E-state index in [1.165, 1.54) is 12.1 Å². The Balaban J connectivity index is 0.00000116. The molecule has 2 aromatic rings. The fourth-order valence-electron chi connectivity index (χ4n) is 2.05. The molecule has 0 heterocycles. The number of hydrogen-bond donors (Lipinski definition) is 0. The van der Waals surface area contributed by atoms with Crippen molar-refractivity contribution in [2.75, 3.05) is 0 Å². The van der Waals surface area contributed by atoms with Gasteiger partial charge in [0.2, 0.25) is 0 Å². The Hall–Kier alpha value is -1.19. The quantitative estimate of drug-likeness (QED) is 0.535. The second-order valence-corrected chi connectivity index (χ2v) is 5.19. The molecule has 0 N–H and O–H groups in total. The number of alkyl halides is 3. The third-order valence-electron chi connectivity index (χ3n) is 3.03. The molecule has 5 heteroatoms. The van der Waals surface area contributed by atoms with E-state index in [2.05, 4.69) is 0 Å². The van der Waals surface area contributed by atoms with Crippen LogP contribution in [0.4, 0.5) is 13.2 Å². The normalized spacial score (nSPS) is 10.9. The third kappa shape index (κ3) is 4.40. The van der Waals surface area contributed by atoms with E-state index in [0.717, 1.165) is 6.07 Å². The smallest absolute Gasteiger partial charge is 0.166 e. The summed E-state index contributed by atoms with van der Waals surface area (Å²) in [6, 6.07) is 8.98. The average molecular weight is 349 g/mol. The van der Waals surface area contributed by atoms with Crippen molar-refractivity contribution >= 4 is 23.2 Å². The maximum Gasteiger partial charge on any atom is 0.416 e. The molecule has 0 spiro atoms. The van der Waals surface area contributed by atoms with Gasteiger partial charge < -0.3 is 0 Å². The lowest BCUT2D eigenvalue weighted by Crippen LogP contribution is -2.08. The van der Waals surface area contributed by atoms with Gasteiger partial charge in [0.15, 0.2) is 0 Å². The van der Waals surface area contributed by atoms with Crippen LogP contribution >= 0.6 is 23.2 Å². The molecule has 0 saturated heterocycles. The van der Waals surface area contributed by atoms with Crippen LogP contribution in [0.2, 0.25) is 10.0 Å². The fourth-order valence-corrected chi connectivity index (χ4v) is 2.57. The minimum atomic E-state index is -4.34. The zero-order valence-electron chi connectivity index (χ0n) is 12.6. The highest BCUT2D eigenvalue weighted by Gasteiger charge is 2.32. The van der Waals surface area contributed by atoms with Crippen LogP contribution in [0, 0.1) is 0 Å². The third-order valence-corrected chi connectivity index (χ3v) is 3.58. The van der Waals surface area contributed by atoms with E-state index in [-0.39, 0.29) is 5.56 Å². The molecule has 2 aromatic carbocycles. The zero-order valence-corrected chi connectivity index (χ0v) is 14.1. The Morgan fingerprint density at radius 1 is 0.955 bits per heavy atom. The summed E-state index contributed by atoms with van der Waals surface area (Å²) in [6.45, 7) is 5.69. The minimum absolute atomic E-state index is 0.251. The zero-order chi connectivity index (χ0) is 16.9. The predicted molar refractivity (Wildman–Crippen MR) is 87.6 cm³/mol. The molecule has 0 radical (unpaired) electrons. The summed E-state index contributed by atoms with van der Waals surface area (Å²) < 4.78 is 38.6. The maximum atomic E-state index is 12.9. The van der Waals surface area contributed by atoms with Crippen LogP contribution in [0.3, 0.4) is 0 Å². The molecule has 120 valence electrons. The van der Waals surface area contributed by atoms with Gasteiger partial charge in [-0.05, 0) is 35.7 Å². The van der Waals surface area contributed by atoms with Gasteiger partial charge in [-0.15, -0.1) is 0 Å². The summed E-state index contributed by atoms with van der Waals surface area (Å²) in [5, 5.41) is 0.903. The number of hydrogen-bond acceptors (Lipinski definition) is 0.